The van der Waals surface area contributed by atoms with Gasteiger partial charge >= 0.3 is 5.97 Å². The Morgan fingerprint density at radius 3 is 2.92 bits per heavy atom. The number of nitrogens with zero attached hydrogens (tertiary/aromatic N) is 2. The van der Waals surface area contributed by atoms with Gasteiger partial charge in [0.2, 0.25) is 0 Å². The molecular formula is C19H24ClN3O3. The zero-order chi connectivity index (χ0) is 18.7. The molecule has 1 aromatic heterocycles. The van der Waals surface area contributed by atoms with Crippen LogP contribution in [0, 0.1) is 5.92 Å². The van der Waals surface area contributed by atoms with Gasteiger partial charge in [-0.3, -0.25) is 4.68 Å². The van der Waals surface area contributed by atoms with E-state index < -0.39 is 12.1 Å². The summed E-state index contributed by atoms with van der Waals surface area (Å²) in [6.07, 6.45) is 4.86. The Kier molecular flexibility index (Phi) is 5.96. The maximum atomic E-state index is 10.9. The van der Waals surface area contributed by atoms with Gasteiger partial charge < -0.3 is 15.5 Å². The maximum absolute atomic E-state index is 10.9. The third-order valence-corrected chi connectivity index (χ3v) is 5.44. The molecule has 1 saturated carbocycles. The van der Waals surface area contributed by atoms with E-state index in [2.05, 4.69) is 23.4 Å². The Morgan fingerprint density at radius 1 is 1.42 bits per heavy atom. The molecule has 3 rings (SSSR count). The number of carbonyl (C=O) groups is 1. The van der Waals surface area contributed by atoms with Gasteiger partial charge in [-0.15, -0.1) is 0 Å². The lowest BCUT2D eigenvalue weighted by Crippen LogP contribution is -2.35. The molecule has 140 valence electrons. The van der Waals surface area contributed by atoms with E-state index in [1.165, 1.54) is 18.0 Å². The number of hydrogen-bond acceptors (Lipinski definition) is 4. The summed E-state index contributed by atoms with van der Waals surface area (Å²) in [5.74, 6) is -0.727. The van der Waals surface area contributed by atoms with E-state index in [-0.39, 0.29) is 17.5 Å². The lowest BCUT2D eigenvalue weighted by molar-refractivity contribution is 0.0696. The van der Waals surface area contributed by atoms with Gasteiger partial charge in [-0.1, -0.05) is 30.7 Å². The Bertz CT molecular complexity index is 777. The predicted octanol–water partition coefficient (Wildman–Crippen LogP) is 2.73. The van der Waals surface area contributed by atoms with Crippen LogP contribution in [0.3, 0.4) is 0 Å². The molecular weight excluding hydrogens is 354 g/mol. The number of hydrogen-bond donors (Lipinski definition) is 3. The van der Waals surface area contributed by atoms with Crippen molar-refractivity contribution in [3.63, 3.8) is 0 Å². The summed E-state index contributed by atoms with van der Waals surface area (Å²) in [4.78, 5) is 10.9. The molecule has 6 nitrogen and oxygen atoms in total. The standard InChI is InChI=1S/C19H24ClN3O3/c1-2-13-4-3-5-16(20)15(13)9-21-17-6-12(7-18(17)24)10-23-11-14(8-22-23)19(25)26/h3-5,8,11-12,17-18,21,24H,2,6-7,9-10H2,1H3,(H,25,26)/t12?,17-,18-/m1/s1. The molecule has 1 fully saturated rings. The van der Waals surface area contributed by atoms with E-state index in [4.69, 9.17) is 16.7 Å². The summed E-state index contributed by atoms with van der Waals surface area (Å²) >= 11 is 6.33. The number of aryl methyl sites for hydroxylation is 1. The van der Waals surface area contributed by atoms with E-state index in [0.29, 0.717) is 19.5 Å². The number of benzene rings is 1. The van der Waals surface area contributed by atoms with Gasteiger partial charge in [0.05, 0.1) is 17.9 Å². The van der Waals surface area contributed by atoms with Crippen LogP contribution in [-0.4, -0.2) is 38.1 Å². The van der Waals surface area contributed by atoms with Gasteiger partial charge in [0.15, 0.2) is 0 Å². The normalized spacial score (nSPS) is 22.7. The number of carboxylic acid groups (broad SMARTS) is 1. The highest BCUT2D eigenvalue weighted by Gasteiger charge is 2.33. The predicted molar refractivity (Wildman–Crippen MR) is 99.4 cm³/mol. The van der Waals surface area contributed by atoms with Crippen LogP contribution in [0.1, 0.15) is 41.3 Å². The monoisotopic (exact) mass is 377 g/mol. The van der Waals surface area contributed by atoms with Gasteiger partial charge in [0, 0.05) is 30.4 Å². The van der Waals surface area contributed by atoms with E-state index in [1.807, 2.05) is 12.1 Å². The molecule has 7 heteroatoms. The molecule has 0 bridgehead atoms. The van der Waals surface area contributed by atoms with Crippen LogP contribution in [0.4, 0.5) is 0 Å². The second-order valence-corrected chi connectivity index (χ2v) is 7.29. The minimum absolute atomic E-state index is 0.00418. The zero-order valence-corrected chi connectivity index (χ0v) is 15.5. The number of aliphatic hydroxyl groups is 1. The first-order valence-corrected chi connectivity index (χ1v) is 9.29. The molecule has 0 radical (unpaired) electrons. The van der Waals surface area contributed by atoms with Crippen molar-refractivity contribution >= 4 is 17.6 Å². The molecule has 0 saturated heterocycles. The quantitative estimate of drug-likeness (QED) is 0.690. The highest BCUT2D eigenvalue weighted by atomic mass is 35.5. The van der Waals surface area contributed by atoms with Crippen molar-refractivity contribution in [3.8, 4) is 0 Å². The minimum atomic E-state index is -0.978. The van der Waals surface area contributed by atoms with Crippen LogP contribution in [0.5, 0.6) is 0 Å². The molecule has 3 atom stereocenters. The fourth-order valence-corrected chi connectivity index (χ4v) is 3.95. The number of aromatic carboxylic acids is 1. The van der Waals surface area contributed by atoms with Crippen LogP contribution in [-0.2, 0) is 19.5 Å². The van der Waals surface area contributed by atoms with Crippen molar-refractivity contribution in [1.82, 2.24) is 15.1 Å². The fourth-order valence-electron chi connectivity index (χ4n) is 3.69. The van der Waals surface area contributed by atoms with Crippen LogP contribution in [0.2, 0.25) is 5.02 Å². The van der Waals surface area contributed by atoms with E-state index in [0.717, 1.165) is 23.4 Å². The van der Waals surface area contributed by atoms with E-state index in [1.54, 1.807) is 4.68 Å². The summed E-state index contributed by atoms with van der Waals surface area (Å²) in [6, 6.07) is 5.92. The topological polar surface area (TPSA) is 87.4 Å². The Morgan fingerprint density at radius 2 is 2.23 bits per heavy atom. The van der Waals surface area contributed by atoms with Crippen molar-refractivity contribution in [2.45, 2.75) is 51.4 Å². The molecule has 0 aliphatic heterocycles. The largest absolute Gasteiger partial charge is 0.478 e. The lowest BCUT2D eigenvalue weighted by atomic mass is 10.0. The molecule has 1 aliphatic rings. The number of carboxylic acids is 1. The van der Waals surface area contributed by atoms with Crippen LogP contribution in [0.15, 0.2) is 30.6 Å². The van der Waals surface area contributed by atoms with Crippen LogP contribution in [0.25, 0.3) is 0 Å². The van der Waals surface area contributed by atoms with E-state index in [9.17, 15) is 9.90 Å². The smallest absolute Gasteiger partial charge is 0.338 e. The Hall–Kier alpha value is -1.89. The van der Waals surface area contributed by atoms with Crippen molar-refractivity contribution in [1.29, 1.82) is 0 Å². The van der Waals surface area contributed by atoms with Gasteiger partial charge in [-0.2, -0.15) is 5.10 Å². The SMILES string of the molecule is CCc1cccc(Cl)c1CN[C@@H]1CC(Cn2cc(C(=O)O)cn2)C[C@H]1O. The molecule has 1 heterocycles. The molecule has 0 amide bonds. The molecule has 1 unspecified atom stereocenters. The second-order valence-electron chi connectivity index (χ2n) is 6.88. The molecule has 1 aliphatic carbocycles. The Labute approximate surface area is 157 Å². The minimum Gasteiger partial charge on any atom is -0.478 e. The zero-order valence-electron chi connectivity index (χ0n) is 14.7. The van der Waals surface area contributed by atoms with Gasteiger partial charge in [-0.05, 0) is 42.4 Å². The molecule has 3 N–H and O–H groups in total. The van der Waals surface area contributed by atoms with Gasteiger partial charge in [0.25, 0.3) is 0 Å². The van der Waals surface area contributed by atoms with Crippen LogP contribution >= 0.6 is 11.6 Å². The second kappa shape index (κ2) is 8.20. The number of aliphatic hydroxyl groups excluding tert-OH is 1. The van der Waals surface area contributed by atoms with Crippen molar-refractivity contribution in [2.75, 3.05) is 0 Å². The maximum Gasteiger partial charge on any atom is 0.338 e. The third kappa shape index (κ3) is 4.26. The highest BCUT2D eigenvalue weighted by molar-refractivity contribution is 6.31. The van der Waals surface area contributed by atoms with Gasteiger partial charge in [0.1, 0.15) is 0 Å². The van der Waals surface area contributed by atoms with Crippen molar-refractivity contribution in [2.24, 2.45) is 5.92 Å². The van der Waals surface area contributed by atoms with Crippen molar-refractivity contribution < 1.29 is 15.0 Å². The first kappa shape index (κ1) is 18.9. The average Bonchev–Trinajstić information content (AvgIpc) is 3.20. The number of halogens is 1. The summed E-state index contributed by atoms with van der Waals surface area (Å²) in [6.45, 7) is 3.34. The molecule has 0 spiro atoms. The summed E-state index contributed by atoms with van der Waals surface area (Å²) in [5.41, 5.74) is 2.49. The number of nitrogens with one attached hydrogen (secondary N) is 1. The molecule has 2 aromatic rings. The van der Waals surface area contributed by atoms with E-state index >= 15 is 0 Å². The molecule has 1 aromatic carbocycles. The summed E-state index contributed by atoms with van der Waals surface area (Å²) in [7, 11) is 0. The molecule has 26 heavy (non-hydrogen) atoms. The number of aromatic nitrogens is 2. The first-order chi connectivity index (χ1) is 12.5. The Balaban J connectivity index is 1.58. The number of rotatable bonds is 7. The highest BCUT2D eigenvalue weighted by Crippen LogP contribution is 2.29. The van der Waals surface area contributed by atoms with Crippen molar-refractivity contribution in [3.05, 3.63) is 52.3 Å². The third-order valence-electron chi connectivity index (χ3n) is 5.09. The lowest BCUT2D eigenvalue weighted by Gasteiger charge is -2.18. The van der Waals surface area contributed by atoms with Gasteiger partial charge in [-0.25, -0.2) is 4.79 Å². The average molecular weight is 378 g/mol. The first-order valence-electron chi connectivity index (χ1n) is 8.91. The fraction of sp³-hybridized carbons (Fsp3) is 0.474. The summed E-state index contributed by atoms with van der Waals surface area (Å²) in [5, 5.41) is 27.6. The summed E-state index contributed by atoms with van der Waals surface area (Å²) < 4.78 is 1.65. The van der Waals surface area contributed by atoms with Crippen LogP contribution < -0.4 is 5.32 Å².